The molecule has 0 spiro atoms. The number of unbranched alkanes of at least 4 members (excludes halogenated alkanes) is 1. The van der Waals surface area contributed by atoms with Gasteiger partial charge in [-0.2, -0.15) is 12.6 Å². The average molecular weight is 528 g/mol. The number of aromatic hydroxyl groups is 1. The first-order valence-corrected chi connectivity index (χ1v) is 11.8. The molecule has 0 aliphatic heterocycles. The van der Waals surface area contributed by atoms with Crippen molar-refractivity contribution < 1.29 is 39.3 Å². The van der Waals surface area contributed by atoms with Gasteiger partial charge in [0.15, 0.2) is 0 Å². The number of carbonyl (C=O) groups is 5. The Kier molecular flexibility index (Phi) is 13.3. The average Bonchev–Trinajstić information content (AvgIpc) is 2.81. The molecule has 0 saturated heterocycles. The first kappa shape index (κ1) is 30.7. The summed E-state index contributed by atoms with van der Waals surface area (Å²) in [5.41, 5.74) is 11.6. The standard InChI is InChI=1S/C22H33N5O8S/c23-8-2-1-3-15(25-21(33)17(11-36)27-19(31)14(24)10-18(29)30)20(32)26-16(22(34)35)9-12-4-6-13(28)7-5-12/h4-7,14-17,28,36H,1-3,8-11,23-24H2,(H,25,33)(H,26,32)(H,27,31)(H,29,30)(H,34,35). The van der Waals surface area contributed by atoms with Gasteiger partial charge in [0, 0.05) is 12.2 Å². The van der Waals surface area contributed by atoms with Crippen LogP contribution in [0.25, 0.3) is 0 Å². The Labute approximate surface area is 213 Å². The number of thiol groups is 1. The van der Waals surface area contributed by atoms with Gasteiger partial charge >= 0.3 is 11.9 Å². The number of rotatable bonds is 16. The van der Waals surface area contributed by atoms with Crippen molar-refractivity contribution in [2.24, 2.45) is 11.5 Å². The lowest BCUT2D eigenvalue weighted by molar-refractivity contribution is -0.142. The molecule has 3 amide bonds. The number of hydrogen-bond donors (Lipinski definition) is 9. The van der Waals surface area contributed by atoms with Crippen molar-refractivity contribution in [3.05, 3.63) is 29.8 Å². The third kappa shape index (κ3) is 10.9. The molecule has 1 rings (SSSR count). The molecule has 13 nitrogen and oxygen atoms in total. The van der Waals surface area contributed by atoms with Gasteiger partial charge in [0.05, 0.1) is 12.5 Å². The van der Waals surface area contributed by atoms with Crippen LogP contribution in [0.15, 0.2) is 24.3 Å². The second kappa shape index (κ2) is 15.6. The Morgan fingerprint density at radius 2 is 1.42 bits per heavy atom. The molecule has 0 bridgehead atoms. The third-order valence-corrected chi connectivity index (χ3v) is 5.48. The smallest absolute Gasteiger partial charge is 0.326 e. The van der Waals surface area contributed by atoms with E-state index in [2.05, 4.69) is 28.6 Å². The highest BCUT2D eigenvalue weighted by Crippen LogP contribution is 2.12. The Bertz CT molecular complexity index is 914. The van der Waals surface area contributed by atoms with E-state index in [4.69, 9.17) is 16.6 Å². The molecular weight excluding hydrogens is 494 g/mol. The van der Waals surface area contributed by atoms with E-state index in [0.717, 1.165) is 0 Å². The van der Waals surface area contributed by atoms with Crippen LogP contribution in [0.5, 0.6) is 5.75 Å². The van der Waals surface area contributed by atoms with Crippen LogP contribution in [0.4, 0.5) is 0 Å². The molecule has 4 atom stereocenters. The van der Waals surface area contributed by atoms with Crippen molar-refractivity contribution in [2.45, 2.75) is 56.3 Å². The van der Waals surface area contributed by atoms with Gasteiger partial charge in [-0.15, -0.1) is 0 Å². The van der Waals surface area contributed by atoms with E-state index in [1.165, 1.54) is 24.3 Å². The fraction of sp³-hybridized carbons (Fsp3) is 0.500. The van der Waals surface area contributed by atoms with Gasteiger partial charge in [0.25, 0.3) is 0 Å². The second-order valence-corrected chi connectivity index (χ2v) is 8.43. The van der Waals surface area contributed by atoms with Gasteiger partial charge in [0.1, 0.15) is 23.9 Å². The van der Waals surface area contributed by atoms with Gasteiger partial charge in [-0.3, -0.25) is 19.2 Å². The summed E-state index contributed by atoms with van der Waals surface area (Å²) in [5.74, 6) is -5.16. The predicted octanol–water partition coefficient (Wildman–Crippen LogP) is -1.67. The van der Waals surface area contributed by atoms with E-state index in [1.807, 2.05) is 0 Å². The van der Waals surface area contributed by atoms with E-state index in [1.54, 1.807) is 0 Å². The Balaban J connectivity index is 2.92. The summed E-state index contributed by atoms with van der Waals surface area (Å²) >= 11 is 4.03. The summed E-state index contributed by atoms with van der Waals surface area (Å²) in [4.78, 5) is 60.3. The first-order chi connectivity index (χ1) is 17.0. The number of aliphatic carboxylic acids is 2. The zero-order valence-electron chi connectivity index (χ0n) is 19.6. The van der Waals surface area contributed by atoms with Gasteiger partial charge in [-0.25, -0.2) is 4.79 Å². The number of amides is 3. The molecule has 0 aromatic heterocycles. The second-order valence-electron chi connectivity index (χ2n) is 8.06. The molecule has 10 N–H and O–H groups in total. The number of hydrogen-bond acceptors (Lipinski definition) is 9. The van der Waals surface area contributed by atoms with Crippen molar-refractivity contribution >= 4 is 42.3 Å². The highest BCUT2D eigenvalue weighted by Gasteiger charge is 2.30. The van der Waals surface area contributed by atoms with Gasteiger partial charge in [-0.1, -0.05) is 12.1 Å². The summed E-state index contributed by atoms with van der Waals surface area (Å²) in [5, 5.41) is 34.9. The molecule has 0 fully saturated rings. The van der Waals surface area contributed by atoms with Crippen molar-refractivity contribution in [2.75, 3.05) is 12.3 Å². The minimum atomic E-state index is -1.39. The topological polar surface area (TPSA) is 234 Å². The number of carboxylic acids is 2. The van der Waals surface area contributed by atoms with Crippen LogP contribution in [0, 0.1) is 0 Å². The highest BCUT2D eigenvalue weighted by molar-refractivity contribution is 7.80. The summed E-state index contributed by atoms with van der Waals surface area (Å²) in [6.45, 7) is 0.345. The number of nitrogens with two attached hydrogens (primary N) is 2. The Morgan fingerprint density at radius 1 is 0.861 bits per heavy atom. The van der Waals surface area contributed by atoms with Crippen LogP contribution in [-0.2, 0) is 30.4 Å². The third-order valence-electron chi connectivity index (χ3n) is 5.12. The monoisotopic (exact) mass is 527 g/mol. The van der Waals surface area contributed by atoms with E-state index >= 15 is 0 Å². The van der Waals surface area contributed by atoms with Crippen molar-refractivity contribution in [1.82, 2.24) is 16.0 Å². The number of phenolic OH excluding ortho intramolecular Hbond substituents is 1. The highest BCUT2D eigenvalue weighted by atomic mass is 32.1. The molecule has 14 heteroatoms. The molecule has 0 aliphatic rings. The molecule has 0 saturated carbocycles. The number of carbonyl (C=O) groups excluding carboxylic acids is 3. The molecular formula is C22H33N5O8S. The quantitative estimate of drug-likeness (QED) is 0.0876. The summed E-state index contributed by atoms with van der Waals surface area (Å²) in [7, 11) is 0. The van der Waals surface area contributed by atoms with Crippen LogP contribution in [0.1, 0.15) is 31.2 Å². The lowest BCUT2D eigenvalue weighted by atomic mass is 10.0. The van der Waals surface area contributed by atoms with E-state index in [9.17, 15) is 34.2 Å². The van der Waals surface area contributed by atoms with Crippen LogP contribution in [0.3, 0.4) is 0 Å². The summed E-state index contributed by atoms with van der Waals surface area (Å²) < 4.78 is 0. The number of nitrogens with one attached hydrogen (secondary N) is 3. The lowest BCUT2D eigenvalue weighted by Crippen LogP contribution is -2.58. The van der Waals surface area contributed by atoms with Gasteiger partial charge in [-0.05, 0) is 43.5 Å². The maximum atomic E-state index is 12.9. The van der Waals surface area contributed by atoms with E-state index in [0.29, 0.717) is 24.9 Å². The van der Waals surface area contributed by atoms with E-state index < -0.39 is 60.2 Å². The molecule has 0 radical (unpaired) electrons. The van der Waals surface area contributed by atoms with E-state index in [-0.39, 0.29) is 24.3 Å². The maximum Gasteiger partial charge on any atom is 0.326 e. The zero-order chi connectivity index (χ0) is 27.3. The molecule has 4 unspecified atom stereocenters. The minimum Gasteiger partial charge on any atom is -0.508 e. The zero-order valence-corrected chi connectivity index (χ0v) is 20.4. The molecule has 1 aromatic rings. The summed E-state index contributed by atoms with van der Waals surface area (Å²) in [6, 6.07) is 0.749. The first-order valence-electron chi connectivity index (χ1n) is 11.2. The van der Waals surface area contributed by atoms with Crippen molar-refractivity contribution in [3.63, 3.8) is 0 Å². The van der Waals surface area contributed by atoms with Crippen molar-refractivity contribution in [3.8, 4) is 5.75 Å². The Morgan fingerprint density at radius 3 is 1.94 bits per heavy atom. The van der Waals surface area contributed by atoms with Crippen LogP contribution in [0.2, 0.25) is 0 Å². The molecule has 36 heavy (non-hydrogen) atoms. The number of phenols is 1. The predicted molar refractivity (Wildman–Crippen MR) is 132 cm³/mol. The summed E-state index contributed by atoms with van der Waals surface area (Å²) in [6.07, 6.45) is 0.431. The molecule has 200 valence electrons. The number of benzene rings is 1. The Hall–Kier alpha value is -3.36. The fourth-order valence-electron chi connectivity index (χ4n) is 3.13. The SMILES string of the molecule is NCCCCC(NC(=O)C(CS)NC(=O)C(N)CC(=O)O)C(=O)NC(Cc1ccc(O)cc1)C(=O)O. The number of carboxylic acid groups (broad SMARTS) is 2. The lowest BCUT2D eigenvalue weighted by Gasteiger charge is -2.24. The van der Waals surface area contributed by atoms with Crippen molar-refractivity contribution in [1.29, 1.82) is 0 Å². The normalized spacial score (nSPS) is 14.1. The molecule has 0 aliphatic carbocycles. The fourth-order valence-corrected chi connectivity index (χ4v) is 3.38. The van der Waals surface area contributed by atoms with Gasteiger partial charge < -0.3 is 42.7 Å². The van der Waals surface area contributed by atoms with Crippen LogP contribution >= 0.6 is 12.6 Å². The van der Waals surface area contributed by atoms with Crippen LogP contribution in [-0.4, -0.2) is 81.4 Å². The maximum absolute atomic E-state index is 12.9. The molecule has 1 aromatic carbocycles. The molecule has 0 heterocycles. The van der Waals surface area contributed by atoms with Crippen LogP contribution < -0.4 is 27.4 Å². The largest absolute Gasteiger partial charge is 0.508 e. The minimum absolute atomic E-state index is 0.00657. The van der Waals surface area contributed by atoms with Gasteiger partial charge in [0.2, 0.25) is 17.7 Å².